The number of rotatable bonds is 1. The number of hydrogen-bond acceptors (Lipinski definition) is 6. The van der Waals surface area contributed by atoms with Gasteiger partial charge in [-0.15, -0.1) is 0 Å². The van der Waals surface area contributed by atoms with Gasteiger partial charge >= 0.3 is 0 Å². The summed E-state index contributed by atoms with van der Waals surface area (Å²) in [4.78, 5) is 11.2. The van der Waals surface area contributed by atoms with Crippen LogP contribution in [0.5, 0.6) is 5.75 Å². The van der Waals surface area contributed by atoms with Crippen molar-refractivity contribution in [3.8, 4) is 22.9 Å². The Morgan fingerprint density at radius 3 is 2.69 bits per heavy atom. The number of aliphatic imine (C=N–C) groups is 1. The number of guanidine groups is 1. The van der Waals surface area contributed by atoms with Crippen molar-refractivity contribution in [1.82, 2.24) is 5.06 Å². The largest absolute Gasteiger partial charge is 0.486 e. The fourth-order valence-corrected chi connectivity index (χ4v) is 5.70. The molecule has 3 aromatic carbocycles. The lowest BCUT2D eigenvalue weighted by molar-refractivity contribution is -0.204. The minimum atomic E-state index is -1.05. The van der Waals surface area contributed by atoms with E-state index in [-0.39, 0.29) is 5.56 Å². The van der Waals surface area contributed by atoms with Crippen molar-refractivity contribution >= 4 is 5.96 Å². The summed E-state index contributed by atoms with van der Waals surface area (Å²) in [5, 5.41) is 10.8. The smallest absolute Gasteiger partial charge is 0.222 e. The molecule has 2 spiro atoms. The van der Waals surface area contributed by atoms with Gasteiger partial charge in [0.25, 0.3) is 0 Å². The molecule has 176 valence electrons. The Labute approximate surface area is 203 Å². The second kappa shape index (κ2) is 7.82. The van der Waals surface area contributed by atoms with E-state index in [1.54, 1.807) is 13.1 Å². The molecule has 0 aromatic heterocycles. The molecule has 0 saturated carbocycles. The van der Waals surface area contributed by atoms with Gasteiger partial charge in [0.1, 0.15) is 17.2 Å². The average molecular weight is 469 g/mol. The topological polar surface area (TPSA) is 83.9 Å². The van der Waals surface area contributed by atoms with Crippen LogP contribution in [-0.2, 0) is 23.4 Å². The van der Waals surface area contributed by atoms with Crippen LogP contribution in [0.4, 0.5) is 4.39 Å². The highest BCUT2D eigenvalue weighted by Gasteiger charge is 2.54. The van der Waals surface area contributed by atoms with E-state index < -0.39 is 17.1 Å². The van der Waals surface area contributed by atoms with Gasteiger partial charge in [0.05, 0.1) is 17.2 Å². The van der Waals surface area contributed by atoms with Crippen molar-refractivity contribution in [3.63, 3.8) is 0 Å². The fraction of sp³-hybridized carbons (Fsp3) is 0.286. The molecule has 2 aliphatic heterocycles. The molecule has 2 unspecified atom stereocenters. The van der Waals surface area contributed by atoms with E-state index in [0.29, 0.717) is 23.7 Å². The SMILES string of the molecule is CN1OC2(CC3(CCCc4ccccc4C3)Oc3ccc(-c4cc(F)cc(C#N)c4)cc32)N=C1N. The maximum atomic E-state index is 14.2. The number of nitrogens with zero attached hydrogens (tertiary/aromatic N) is 3. The molecule has 0 fully saturated rings. The van der Waals surface area contributed by atoms with Gasteiger partial charge in [0, 0.05) is 19.9 Å². The van der Waals surface area contributed by atoms with Crippen molar-refractivity contribution in [2.45, 2.75) is 43.4 Å². The molecule has 0 amide bonds. The Balaban J connectivity index is 1.48. The predicted molar refractivity (Wildman–Crippen MR) is 130 cm³/mol. The minimum absolute atomic E-state index is 0.263. The summed E-state index contributed by atoms with van der Waals surface area (Å²) in [6, 6.07) is 20.6. The molecule has 2 N–H and O–H groups in total. The van der Waals surface area contributed by atoms with Crippen molar-refractivity contribution < 1.29 is 14.0 Å². The van der Waals surface area contributed by atoms with Crippen LogP contribution in [-0.4, -0.2) is 23.7 Å². The first kappa shape index (κ1) is 21.6. The van der Waals surface area contributed by atoms with Crippen molar-refractivity contribution in [3.05, 3.63) is 88.7 Å². The van der Waals surface area contributed by atoms with Gasteiger partial charge in [-0.25, -0.2) is 19.3 Å². The molecule has 3 aromatic rings. The molecule has 3 aliphatic rings. The Morgan fingerprint density at radius 1 is 1.09 bits per heavy atom. The molecular weight excluding hydrogens is 443 g/mol. The van der Waals surface area contributed by atoms with Gasteiger partial charge in [0.15, 0.2) is 0 Å². The van der Waals surface area contributed by atoms with E-state index in [0.717, 1.165) is 36.8 Å². The molecule has 6 rings (SSSR count). The summed E-state index contributed by atoms with van der Waals surface area (Å²) < 4.78 is 21.0. The Hall–Kier alpha value is -3.89. The Bertz CT molecular complexity index is 1410. The third kappa shape index (κ3) is 3.62. The van der Waals surface area contributed by atoms with Crippen molar-refractivity contribution in [2.75, 3.05) is 7.05 Å². The number of hydroxylamine groups is 2. The van der Waals surface area contributed by atoms with Gasteiger partial charge in [-0.2, -0.15) is 5.26 Å². The van der Waals surface area contributed by atoms with E-state index in [2.05, 4.69) is 24.3 Å². The summed E-state index contributed by atoms with van der Waals surface area (Å²) in [5.74, 6) is 0.519. The van der Waals surface area contributed by atoms with Crippen LogP contribution in [0.1, 0.15) is 41.5 Å². The second-order valence-electron chi connectivity index (χ2n) is 9.66. The molecule has 6 nitrogen and oxygen atoms in total. The van der Waals surface area contributed by atoms with Crippen molar-refractivity contribution in [1.29, 1.82) is 5.26 Å². The third-order valence-electron chi connectivity index (χ3n) is 7.26. The maximum absolute atomic E-state index is 14.2. The summed E-state index contributed by atoms with van der Waals surface area (Å²) in [6.07, 6.45) is 4.12. The zero-order valence-electron chi connectivity index (χ0n) is 19.4. The highest BCUT2D eigenvalue weighted by Crippen LogP contribution is 2.52. The molecule has 35 heavy (non-hydrogen) atoms. The number of nitriles is 1. The zero-order valence-corrected chi connectivity index (χ0v) is 19.4. The summed E-state index contributed by atoms with van der Waals surface area (Å²) in [5.41, 5.74) is 9.65. The Kier molecular flexibility index (Phi) is 4.83. The van der Waals surface area contributed by atoms with Crippen LogP contribution >= 0.6 is 0 Å². The lowest BCUT2D eigenvalue weighted by Crippen LogP contribution is -2.49. The van der Waals surface area contributed by atoms with E-state index in [4.69, 9.17) is 20.3 Å². The summed E-state index contributed by atoms with van der Waals surface area (Å²) in [6.45, 7) is 0. The third-order valence-corrected chi connectivity index (χ3v) is 7.26. The molecule has 0 radical (unpaired) electrons. The summed E-state index contributed by atoms with van der Waals surface area (Å²) >= 11 is 0. The van der Waals surface area contributed by atoms with Crippen LogP contribution in [0.15, 0.2) is 65.7 Å². The first-order valence-electron chi connectivity index (χ1n) is 11.8. The average Bonchev–Trinajstić information content (AvgIpc) is 3.01. The fourth-order valence-electron chi connectivity index (χ4n) is 5.70. The molecule has 7 heteroatoms. The number of halogens is 1. The van der Waals surface area contributed by atoms with Gasteiger partial charge < -0.3 is 10.5 Å². The van der Waals surface area contributed by atoms with Crippen molar-refractivity contribution in [2.24, 2.45) is 10.7 Å². The number of hydrogen-bond donors (Lipinski definition) is 1. The van der Waals surface area contributed by atoms with Crippen LogP contribution in [0, 0.1) is 17.1 Å². The number of ether oxygens (including phenoxy) is 1. The number of fused-ring (bicyclic) bond motifs is 3. The lowest BCUT2D eigenvalue weighted by Gasteiger charge is -2.45. The molecule has 2 heterocycles. The number of benzene rings is 3. The minimum Gasteiger partial charge on any atom is -0.486 e. The molecular formula is C28H25FN4O2. The molecule has 1 aliphatic carbocycles. The molecule has 0 saturated heterocycles. The number of nitrogens with two attached hydrogens (primary N) is 1. The first-order chi connectivity index (χ1) is 16.9. The van der Waals surface area contributed by atoms with Gasteiger partial charge in [-0.3, -0.25) is 0 Å². The maximum Gasteiger partial charge on any atom is 0.222 e. The predicted octanol–water partition coefficient (Wildman–Crippen LogP) is 4.81. The highest BCUT2D eigenvalue weighted by molar-refractivity contribution is 5.79. The standard InChI is InChI=1S/C28H25FN4O2/c1-33-26(31)32-28(35-33)17-27(10-4-7-19-5-2-3-6-21(19)15-27)34-25-9-8-20(14-24(25)28)22-11-18(16-30)12-23(29)13-22/h2-3,5-6,8-9,11-14H,4,7,10,15,17H2,1H3,(H2,31,32). The van der Waals surface area contributed by atoms with Crippen LogP contribution in [0.2, 0.25) is 0 Å². The van der Waals surface area contributed by atoms with Gasteiger partial charge in [-0.05, 0) is 71.8 Å². The molecule has 0 bridgehead atoms. The van der Waals surface area contributed by atoms with Crippen LogP contribution < -0.4 is 10.5 Å². The summed E-state index contributed by atoms with van der Waals surface area (Å²) in [7, 11) is 1.74. The Morgan fingerprint density at radius 2 is 1.91 bits per heavy atom. The monoisotopic (exact) mass is 468 g/mol. The van der Waals surface area contributed by atoms with E-state index >= 15 is 0 Å². The second-order valence-corrected chi connectivity index (χ2v) is 9.66. The zero-order chi connectivity index (χ0) is 24.2. The van der Waals surface area contributed by atoms with Gasteiger partial charge in [0.2, 0.25) is 11.7 Å². The van der Waals surface area contributed by atoms with Gasteiger partial charge in [-0.1, -0.05) is 30.3 Å². The lowest BCUT2D eigenvalue weighted by atomic mass is 9.78. The van der Waals surface area contributed by atoms with Crippen LogP contribution in [0.25, 0.3) is 11.1 Å². The highest BCUT2D eigenvalue weighted by atomic mass is 19.1. The van der Waals surface area contributed by atoms with E-state index in [1.165, 1.54) is 28.3 Å². The number of aryl methyl sites for hydroxylation is 1. The van der Waals surface area contributed by atoms with E-state index in [1.807, 2.05) is 24.3 Å². The first-order valence-corrected chi connectivity index (χ1v) is 11.8. The normalized spacial score (nSPS) is 24.8. The molecule has 2 atom stereocenters. The quantitative estimate of drug-likeness (QED) is 0.554. The van der Waals surface area contributed by atoms with Crippen LogP contribution in [0.3, 0.4) is 0 Å². The van der Waals surface area contributed by atoms with E-state index in [9.17, 15) is 9.65 Å².